The quantitative estimate of drug-likeness (QED) is 0.880. The number of ketones is 1. The summed E-state index contributed by atoms with van der Waals surface area (Å²) >= 11 is 0. The van der Waals surface area contributed by atoms with Crippen LogP contribution in [0, 0.1) is 16.7 Å². The first kappa shape index (κ1) is 16.9. The molecule has 26 heavy (non-hydrogen) atoms. The number of hydrogen-bond acceptors (Lipinski definition) is 5. The van der Waals surface area contributed by atoms with Gasteiger partial charge in [0.05, 0.1) is 17.7 Å². The SMILES string of the molecule is CC1(C)CC(=O)C2=C(C1)OC(N)=C(C#N)[C@@H]2c1ccnn1C1CCCC1. The van der Waals surface area contributed by atoms with E-state index in [1.54, 1.807) is 6.20 Å². The number of nitriles is 1. The van der Waals surface area contributed by atoms with Gasteiger partial charge in [0.2, 0.25) is 5.88 Å². The topological polar surface area (TPSA) is 93.9 Å². The summed E-state index contributed by atoms with van der Waals surface area (Å²) < 4.78 is 7.76. The van der Waals surface area contributed by atoms with Gasteiger partial charge in [-0.1, -0.05) is 26.7 Å². The van der Waals surface area contributed by atoms with Crippen LogP contribution >= 0.6 is 0 Å². The lowest BCUT2D eigenvalue weighted by molar-refractivity contribution is -0.119. The molecule has 0 saturated heterocycles. The third-order valence-electron chi connectivity index (χ3n) is 5.74. The van der Waals surface area contributed by atoms with Crippen molar-refractivity contribution in [2.24, 2.45) is 11.1 Å². The van der Waals surface area contributed by atoms with E-state index >= 15 is 0 Å². The standard InChI is InChI=1S/C20H24N4O2/c1-20(2)9-15(25)18-16(10-20)26-19(22)13(11-21)17(18)14-7-8-23-24(14)12-5-3-4-6-12/h7-8,12,17H,3-6,9-10,22H2,1-2H3/t17-/m1/s1. The lowest BCUT2D eigenvalue weighted by atomic mass is 9.71. The van der Waals surface area contributed by atoms with Crippen molar-refractivity contribution >= 4 is 5.78 Å². The van der Waals surface area contributed by atoms with Crippen molar-refractivity contribution in [3.63, 3.8) is 0 Å². The summed E-state index contributed by atoms with van der Waals surface area (Å²) in [5, 5.41) is 14.3. The van der Waals surface area contributed by atoms with E-state index in [0.717, 1.165) is 18.5 Å². The minimum Gasteiger partial charge on any atom is -0.444 e. The zero-order chi connectivity index (χ0) is 18.5. The zero-order valence-corrected chi connectivity index (χ0v) is 15.3. The van der Waals surface area contributed by atoms with E-state index in [9.17, 15) is 10.1 Å². The molecule has 0 spiro atoms. The molecular formula is C20H24N4O2. The Kier molecular flexibility index (Phi) is 3.91. The van der Waals surface area contributed by atoms with E-state index in [4.69, 9.17) is 10.5 Å². The maximum Gasteiger partial charge on any atom is 0.205 e. The molecule has 1 aromatic rings. The molecule has 1 aromatic heterocycles. The molecule has 0 amide bonds. The summed E-state index contributed by atoms with van der Waals surface area (Å²) in [5.74, 6) is 0.295. The fraction of sp³-hybridized carbons (Fsp3) is 0.550. The van der Waals surface area contributed by atoms with Crippen LogP contribution in [0.5, 0.6) is 0 Å². The van der Waals surface area contributed by atoms with Crippen molar-refractivity contribution in [3.8, 4) is 6.07 Å². The predicted molar refractivity (Wildman–Crippen MR) is 95.4 cm³/mol. The maximum atomic E-state index is 13.0. The van der Waals surface area contributed by atoms with E-state index < -0.39 is 5.92 Å². The summed E-state index contributed by atoms with van der Waals surface area (Å²) in [4.78, 5) is 13.0. The Morgan fingerprint density at radius 1 is 1.35 bits per heavy atom. The highest BCUT2D eigenvalue weighted by Crippen LogP contribution is 2.48. The molecule has 4 rings (SSSR count). The summed E-state index contributed by atoms with van der Waals surface area (Å²) in [6.07, 6.45) is 7.36. The average Bonchev–Trinajstić information content (AvgIpc) is 3.23. The molecular weight excluding hydrogens is 328 g/mol. The van der Waals surface area contributed by atoms with Gasteiger partial charge in [-0.3, -0.25) is 9.48 Å². The van der Waals surface area contributed by atoms with Gasteiger partial charge in [0.15, 0.2) is 5.78 Å². The van der Waals surface area contributed by atoms with Gasteiger partial charge in [-0.25, -0.2) is 0 Å². The monoisotopic (exact) mass is 352 g/mol. The molecule has 0 bridgehead atoms. The lowest BCUT2D eigenvalue weighted by Crippen LogP contribution is -2.34. The van der Waals surface area contributed by atoms with E-state index in [1.165, 1.54) is 12.8 Å². The van der Waals surface area contributed by atoms with Crippen molar-refractivity contribution in [2.45, 2.75) is 64.3 Å². The normalized spacial score (nSPS) is 25.9. The number of carbonyl (C=O) groups excluding carboxylic acids is 1. The van der Waals surface area contributed by atoms with E-state index in [2.05, 4.69) is 25.0 Å². The van der Waals surface area contributed by atoms with Gasteiger partial charge in [0.1, 0.15) is 17.4 Å². The summed E-state index contributed by atoms with van der Waals surface area (Å²) in [6.45, 7) is 4.10. The van der Waals surface area contributed by atoms with Crippen LogP contribution in [0.2, 0.25) is 0 Å². The summed E-state index contributed by atoms with van der Waals surface area (Å²) in [7, 11) is 0. The third kappa shape index (κ3) is 2.63. The zero-order valence-electron chi connectivity index (χ0n) is 15.3. The van der Waals surface area contributed by atoms with Crippen molar-refractivity contribution in [1.82, 2.24) is 9.78 Å². The number of ether oxygens (including phenoxy) is 1. The van der Waals surface area contributed by atoms with Crippen LogP contribution in [0.1, 0.15) is 70.0 Å². The first-order valence-corrected chi connectivity index (χ1v) is 9.28. The minimum absolute atomic E-state index is 0.0423. The fourth-order valence-corrected chi connectivity index (χ4v) is 4.59. The van der Waals surface area contributed by atoms with E-state index in [-0.39, 0.29) is 17.1 Å². The van der Waals surface area contributed by atoms with Gasteiger partial charge in [-0.15, -0.1) is 0 Å². The molecule has 0 radical (unpaired) electrons. The third-order valence-corrected chi connectivity index (χ3v) is 5.74. The molecule has 0 aromatic carbocycles. The smallest absolute Gasteiger partial charge is 0.205 e. The van der Waals surface area contributed by atoms with Crippen LogP contribution in [0.25, 0.3) is 0 Å². The first-order valence-electron chi connectivity index (χ1n) is 9.28. The molecule has 1 atom stereocenters. The second-order valence-corrected chi connectivity index (χ2v) is 8.34. The predicted octanol–water partition coefficient (Wildman–Crippen LogP) is 3.45. The number of hydrogen-bond donors (Lipinski definition) is 1. The molecule has 2 aliphatic carbocycles. The van der Waals surface area contributed by atoms with Crippen LogP contribution < -0.4 is 5.73 Å². The van der Waals surface area contributed by atoms with Gasteiger partial charge in [0, 0.05) is 24.6 Å². The number of nitrogens with two attached hydrogens (primary N) is 1. The molecule has 136 valence electrons. The number of carbonyl (C=O) groups is 1. The number of allylic oxidation sites excluding steroid dienone is 3. The minimum atomic E-state index is -0.476. The fourth-order valence-electron chi connectivity index (χ4n) is 4.59. The molecule has 3 aliphatic rings. The Balaban J connectivity index is 1.85. The van der Waals surface area contributed by atoms with Crippen LogP contribution in [-0.4, -0.2) is 15.6 Å². The Bertz CT molecular complexity index is 863. The lowest BCUT2D eigenvalue weighted by Gasteiger charge is -2.37. The Morgan fingerprint density at radius 3 is 2.77 bits per heavy atom. The molecule has 1 fully saturated rings. The maximum absolute atomic E-state index is 13.0. The van der Waals surface area contributed by atoms with Crippen molar-refractivity contribution < 1.29 is 9.53 Å². The van der Waals surface area contributed by atoms with Gasteiger partial charge in [0.25, 0.3) is 0 Å². The molecule has 0 unspecified atom stereocenters. The van der Waals surface area contributed by atoms with Gasteiger partial charge in [-0.2, -0.15) is 10.4 Å². The largest absolute Gasteiger partial charge is 0.444 e. The number of aromatic nitrogens is 2. The van der Waals surface area contributed by atoms with E-state index in [0.29, 0.717) is 35.8 Å². The number of Topliss-reactive ketones (excluding diaryl/α,β-unsaturated/α-hetero) is 1. The molecule has 2 heterocycles. The molecule has 6 nitrogen and oxygen atoms in total. The first-order chi connectivity index (χ1) is 12.4. The van der Waals surface area contributed by atoms with Crippen molar-refractivity contribution in [3.05, 3.63) is 40.7 Å². The number of nitrogens with zero attached hydrogens (tertiary/aromatic N) is 3. The van der Waals surface area contributed by atoms with Crippen LogP contribution in [0.3, 0.4) is 0 Å². The van der Waals surface area contributed by atoms with Crippen molar-refractivity contribution in [2.75, 3.05) is 0 Å². The van der Waals surface area contributed by atoms with Gasteiger partial charge < -0.3 is 10.5 Å². The summed E-state index contributed by atoms with van der Waals surface area (Å²) in [6, 6.07) is 4.42. The highest BCUT2D eigenvalue weighted by molar-refractivity contribution is 5.99. The Hall–Kier alpha value is -2.55. The van der Waals surface area contributed by atoms with Crippen LogP contribution in [-0.2, 0) is 9.53 Å². The molecule has 1 saturated carbocycles. The van der Waals surface area contributed by atoms with Gasteiger partial charge in [-0.05, 0) is 24.3 Å². The highest BCUT2D eigenvalue weighted by atomic mass is 16.5. The van der Waals surface area contributed by atoms with Gasteiger partial charge >= 0.3 is 0 Å². The molecule has 2 N–H and O–H groups in total. The second-order valence-electron chi connectivity index (χ2n) is 8.34. The van der Waals surface area contributed by atoms with Crippen LogP contribution in [0.4, 0.5) is 0 Å². The van der Waals surface area contributed by atoms with Crippen molar-refractivity contribution in [1.29, 1.82) is 5.26 Å². The number of rotatable bonds is 2. The molecule has 6 heteroatoms. The molecule has 1 aliphatic heterocycles. The average molecular weight is 352 g/mol. The van der Waals surface area contributed by atoms with E-state index in [1.807, 2.05) is 10.7 Å². The summed E-state index contributed by atoms with van der Waals surface area (Å²) in [5.41, 5.74) is 7.70. The Morgan fingerprint density at radius 2 is 2.08 bits per heavy atom. The van der Waals surface area contributed by atoms with Crippen LogP contribution in [0.15, 0.2) is 35.1 Å². The highest BCUT2D eigenvalue weighted by Gasteiger charge is 2.44. The second kappa shape index (κ2) is 6.01. The Labute approximate surface area is 153 Å².